The molecule has 0 amide bonds. The second-order valence-corrected chi connectivity index (χ2v) is 4.93. The average Bonchev–Trinajstić information content (AvgIpc) is 2.78. The Kier molecular flexibility index (Phi) is 4.66. The highest BCUT2D eigenvalue weighted by molar-refractivity contribution is 5.19. The summed E-state index contributed by atoms with van der Waals surface area (Å²) >= 11 is 0. The van der Waals surface area contributed by atoms with Crippen LogP contribution in [0.25, 0.3) is 0 Å². The van der Waals surface area contributed by atoms with Crippen molar-refractivity contribution in [2.24, 2.45) is 5.92 Å². The van der Waals surface area contributed by atoms with Crippen LogP contribution in [0.5, 0.6) is 0 Å². The molecular formula is C14H21FN2O. The van der Waals surface area contributed by atoms with Gasteiger partial charge in [-0.1, -0.05) is 13.8 Å². The van der Waals surface area contributed by atoms with Gasteiger partial charge in [0.15, 0.2) is 0 Å². The highest BCUT2D eigenvalue weighted by Crippen LogP contribution is 2.32. The summed E-state index contributed by atoms with van der Waals surface area (Å²) < 4.78 is 19.7. The van der Waals surface area contributed by atoms with E-state index in [4.69, 9.17) is 4.74 Å². The van der Waals surface area contributed by atoms with Gasteiger partial charge in [-0.3, -0.25) is 4.98 Å². The molecule has 1 N–H and O–H groups in total. The second-order valence-electron chi connectivity index (χ2n) is 4.93. The fourth-order valence-corrected chi connectivity index (χ4v) is 2.48. The molecule has 1 saturated heterocycles. The molecule has 1 aliphatic rings. The minimum Gasteiger partial charge on any atom is -0.376 e. The van der Waals surface area contributed by atoms with Gasteiger partial charge in [-0.25, -0.2) is 4.39 Å². The summed E-state index contributed by atoms with van der Waals surface area (Å²) in [5.41, 5.74) is 0.664. The number of aromatic nitrogens is 1. The SMILES string of the molecule is CCCNC(c1ccncc1F)C1OCCC1C. The standard InChI is InChI=1S/C14H21FN2O/c1-3-6-17-13(14-10(2)5-8-18-14)11-4-7-16-9-12(11)15/h4,7,9-10,13-14,17H,3,5-6,8H2,1-2H3. The van der Waals surface area contributed by atoms with Gasteiger partial charge in [0.1, 0.15) is 5.82 Å². The van der Waals surface area contributed by atoms with Gasteiger partial charge in [0.2, 0.25) is 0 Å². The number of nitrogens with zero attached hydrogens (tertiary/aromatic N) is 1. The summed E-state index contributed by atoms with van der Waals surface area (Å²) in [6.07, 6.45) is 5.02. The van der Waals surface area contributed by atoms with Gasteiger partial charge in [0.25, 0.3) is 0 Å². The Hall–Kier alpha value is -1.00. The van der Waals surface area contributed by atoms with E-state index in [0.29, 0.717) is 11.5 Å². The van der Waals surface area contributed by atoms with E-state index in [9.17, 15) is 4.39 Å². The van der Waals surface area contributed by atoms with Crippen molar-refractivity contribution in [1.82, 2.24) is 10.3 Å². The largest absolute Gasteiger partial charge is 0.376 e. The summed E-state index contributed by atoms with van der Waals surface area (Å²) in [6.45, 7) is 5.89. The normalized spacial score (nSPS) is 25.3. The maximum absolute atomic E-state index is 13.9. The zero-order valence-electron chi connectivity index (χ0n) is 11.0. The van der Waals surface area contributed by atoms with Crippen LogP contribution in [0.2, 0.25) is 0 Å². The summed E-state index contributed by atoms with van der Waals surface area (Å²) in [4.78, 5) is 3.81. The lowest BCUT2D eigenvalue weighted by Crippen LogP contribution is -2.35. The fraction of sp³-hybridized carbons (Fsp3) is 0.643. The Morgan fingerprint density at radius 3 is 3.06 bits per heavy atom. The van der Waals surface area contributed by atoms with Gasteiger partial charge in [-0.2, -0.15) is 0 Å². The van der Waals surface area contributed by atoms with Crippen LogP contribution in [0.1, 0.15) is 38.3 Å². The van der Waals surface area contributed by atoms with E-state index < -0.39 is 0 Å². The predicted molar refractivity (Wildman–Crippen MR) is 68.8 cm³/mol. The van der Waals surface area contributed by atoms with E-state index >= 15 is 0 Å². The first kappa shape index (κ1) is 13.4. The number of hydrogen-bond donors (Lipinski definition) is 1. The van der Waals surface area contributed by atoms with Crippen LogP contribution in [0.4, 0.5) is 4.39 Å². The van der Waals surface area contributed by atoms with Gasteiger partial charge in [-0.15, -0.1) is 0 Å². The Morgan fingerprint density at radius 1 is 1.61 bits per heavy atom. The Labute approximate surface area is 108 Å². The van der Waals surface area contributed by atoms with Gasteiger partial charge in [0.05, 0.1) is 18.3 Å². The van der Waals surface area contributed by atoms with Crippen LogP contribution in [0.15, 0.2) is 18.5 Å². The first-order valence-electron chi connectivity index (χ1n) is 6.68. The van der Waals surface area contributed by atoms with Crippen molar-refractivity contribution in [2.75, 3.05) is 13.2 Å². The Bertz CT molecular complexity index is 386. The summed E-state index contributed by atoms with van der Waals surface area (Å²) in [5, 5.41) is 3.41. The van der Waals surface area contributed by atoms with Crippen LogP contribution in [0.3, 0.4) is 0 Å². The van der Waals surface area contributed by atoms with Crippen LogP contribution in [0, 0.1) is 11.7 Å². The zero-order valence-corrected chi connectivity index (χ0v) is 11.0. The van der Waals surface area contributed by atoms with Crippen molar-refractivity contribution in [2.45, 2.75) is 38.8 Å². The van der Waals surface area contributed by atoms with Crippen molar-refractivity contribution in [1.29, 1.82) is 0 Å². The lowest BCUT2D eigenvalue weighted by molar-refractivity contribution is 0.0596. The Balaban J connectivity index is 2.21. The van der Waals surface area contributed by atoms with Gasteiger partial charge in [-0.05, 0) is 31.4 Å². The van der Waals surface area contributed by atoms with Gasteiger partial charge >= 0.3 is 0 Å². The molecule has 1 aromatic heterocycles. The third-order valence-corrected chi connectivity index (χ3v) is 3.53. The maximum Gasteiger partial charge on any atom is 0.146 e. The highest BCUT2D eigenvalue weighted by atomic mass is 19.1. The van der Waals surface area contributed by atoms with Gasteiger partial charge < -0.3 is 10.1 Å². The molecule has 4 heteroatoms. The second kappa shape index (κ2) is 6.25. The number of nitrogens with one attached hydrogen (secondary N) is 1. The molecule has 2 rings (SSSR count). The molecule has 0 aliphatic carbocycles. The molecule has 1 aromatic rings. The molecule has 2 heterocycles. The van der Waals surface area contributed by atoms with E-state index in [1.165, 1.54) is 6.20 Å². The number of rotatable bonds is 5. The molecule has 0 aromatic carbocycles. The molecule has 100 valence electrons. The van der Waals surface area contributed by atoms with E-state index in [2.05, 4.69) is 24.1 Å². The lowest BCUT2D eigenvalue weighted by atomic mass is 9.92. The monoisotopic (exact) mass is 252 g/mol. The van der Waals surface area contributed by atoms with Crippen molar-refractivity contribution < 1.29 is 9.13 Å². The minimum absolute atomic E-state index is 0.0495. The predicted octanol–water partition coefficient (Wildman–Crippen LogP) is 2.69. The van der Waals surface area contributed by atoms with Crippen molar-refractivity contribution in [3.05, 3.63) is 29.8 Å². The van der Waals surface area contributed by atoms with Crippen molar-refractivity contribution in [3.8, 4) is 0 Å². The lowest BCUT2D eigenvalue weighted by Gasteiger charge is -2.27. The molecule has 18 heavy (non-hydrogen) atoms. The van der Waals surface area contributed by atoms with E-state index in [0.717, 1.165) is 26.0 Å². The summed E-state index contributed by atoms with van der Waals surface area (Å²) in [6, 6.07) is 1.67. The van der Waals surface area contributed by atoms with Crippen molar-refractivity contribution in [3.63, 3.8) is 0 Å². The molecule has 0 saturated carbocycles. The number of pyridine rings is 1. The van der Waals surface area contributed by atoms with Crippen LogP contribution < -0.4 is 5.32 Å². The van der Waals surface area contributed by atoms with Gasteiger partial charge in [0, 0.05) is 18.4 Å². The number of ether oxygens (including phenoxy) is 1. The summed E-state index contributed by atoms with van der Waals surface area (Å²) in [7, 11) is 0. The molecule has 0 radical (unpaired) electrons. The smallest absolute Gasteiger partial charge is 0.146 e. The maximum atomic E-state index is 13.9. The third kappa shape index (κ3) is 2.87. The molecule has 3 unspecified atom stereocenters. The van der Waals surface area contributed by atoms with Crippen LogP contribution >= 0.6 is 0 Å². The molecule has 3 nitrogen and oxygen atoms in total. The number of hydrogen-bond acceptors (Lipinski definition) is 3. The quantitative estimate of drug-likeness (QED) is 0.875. The molecule has 0 spiro atoms. The topological polar surface area (TPSA) is 34.2 Å². The molecule has 1 aliphatic heterocycles. The first-order chi connectivity index (χ1) is 8.74. The minimum atomic E-state index is -0.256. The fourth-order valence-electron chi connectivity index (χ4n) is 2.48. The van der Waals surface area contributed by atoms with Crippen LogP contribution in [-0.4, -0.2) is 24.2 Å². The number of halogens is 1. The molecule has 3 atom stereocenters. The zero-order chi connectivity index (χ0) is 13.0. The molecular weight excluding hydrogens is 231 g/mol. The molecule has 1 fully saturated rings. The Morgan fingerprint density at radius 2 is 2.44 bits per heavy atom. The van der Waals surface area contributed by atoms with Crippen molar-refractivity contribution >= 4 is 0 Å². The van der Waals surface area contributed by atoms with E-state index in [-0.39, 0.29) is 18.0 Å². The van der Waals surface area contributed by atoms with Crippen LogP contribution in [-0.2, 0) is 4.74 Å². The van der Waals surface area contributed by atoms with E-state index in [1.807, 2.05) is 0 Å². The first-order valence-corrected chi connectivity index (χ1v) is 6.68. The van der Waals surface area contributed by atoms with E-state index in [1.54, 1.807) is 12.3 Å². The summed E-state index contributed by atoms with van der Waals surface area (Å²) in [5.74, 6) is 0.195. The average molecular weight is 252 g/mol. The highest BCUT2D eigenvalue weighted by Gasteiger charge is 2.33. The molecule has 0 bridgehead atoms. The third-order valence-electron chi connectivity index (χ3n) is 3.53.